The molecule has 0 spiro atoms. The van der Waals surface area contributed by atoms with Gasteiger partial charge in [-0.25, -0.2) is 6.08 Å². The van der Waals surface area contributed by atoms with E-state index in [1.165, 1.54) is 6.08 Å². The van der Waals surface area contributed by atoms with Crippen molar-refractivity contribution in [1.82, 2.24) is 0 Å². The Morgan fingerprint density at radius 1 is 0.630 bits per heavy atom. The summed E-state index contributed by atoms with van der Waals surface area (Å²) in [6.45, 7) is 13.2. The molecule has 27 heavy (non-hydrogen) atoms. The summed E-state index contributed by atoms with van der Waals surface area (Å²) in [4.78, 5) is 10.3. The van der Waals surface area contributed by atoms with Crippen molar-refractivity contribution in [2.75, 3.05) is 0 Å². The predicted molar refractivity (Wildman–Crippen MR) is 105 cm³/mol. The molecule has 0 rings (SSSR count). The molecule has 0 bridgehead atoms. The first-order chi connectivity index (χ1) is 11.8. The molecule has 0 aliphatic rings. The molecule has 132 valence electrons. The predicted octanol–water partition coefficient (Wildman–Crippen LogP) is -1.26. The fourth-order valence-electron chi connectivity index (χ4n) is 1.54. The van der Waals surface area contributed by atoms with Gasteiger partial charge in [0.25, 0.3) is 0 Å². The minimum Gasteiger partial charge on any atom is -0.545 e. The van der Waals surface area contributed by atoms with Gasteiger partial charge in [-0.2, -0.15) is 5.57 Å². The van der Waals surface area contributed by atoms with Gasteiger partial charge in [0.2, 0.25) is 0 Å². The summed E-state index contributed by atoms with van der Waals surface area (Å²) in [6, 6.07) is 0. The number of hydrogen-bond donors (Lipinski definition) is 0. The molecule has 0 fully saturated rings. The Hall–Kier alpha value is 0.403. The van der Waals surface area contributed by atoms with Crippen LogP contribution in [0, 0.1) is 6.58 Å². The van der Waals surface area contributed by atoms with Crippen LogP contribution in [0.25, 0.3) is 0 Å². The molecule has 0 atom stereocenters. The molecule has 4 heteroatoms. The maximum atomic E-state index is 10.3. The van der Waals surface area contributed by atoms with Gasteiger partial charge in [-0.15, -0.1) is 13.0 Å². The van der Waals surface area contributed by atoms with E-state index in [4.69, 9.17) is 6.58 Å². The van der Waals surface area contributed by atoms with Crippen molar-refractivity contribution < 1.29 is 113 Å². The number of carboxylic acid groups (broad SMARTS) is 1. The van der Waals surface area contributed by atoms with Crippen LogP contribution in [-0.2, 0) is 4.79 Å². The number of aliphatic carboxylic acids is 1. The van der Waals surface area contributed by atoms with E-state index in [-0.39, 0.29) is 103 Å². The Morgan fingerprint density at radius 2 is 1.00 bits per heavy atom. The molecule has 0 N–H and O–H groups in total. The molecular formula is C23H26K2O2. The third-order valence-corrected chi connectivity index (χ3v) is 3.01. The van der Waals surface area contributed by atoms with Crippen LogP contribution in [-0.4, -0.2) is 5.97 Å². The van der Waals surface area contributed by atoms with E-state index in [1.54, 1.807) is 6.08 Å². The van der Waals surface area contributed by atoms with Crippen molar-refractivity contribution in [1.29, 1.82) is 0 Å². The minimum atomic E-state index is -1.19. The van der Waals surface area contributed by atoms with Gasteiger partial charge in [-0.1, -0.05) is 77.5 Å². The van der Waals surface area contributed by atoms with Crippen molar-refractivity contribution in [2.24, 2.45) is 0 Å². The van der Waals surface area contributed by atoms with Crippen molar-refractivity contribution in [3.63, 3.8) is 0 Å². The SMILES string of the molecule is [CH-]=C/C(C)=C/C=C/C(C)=C/C=C/C=C(C)/C=C/C=C(C)/C=C/C(=O)[O-].[K+].[K+]. The standard InChI is InChI=1S/C23H27O2.2K/c1-6-19(2)13-9-14-20(3)11-7-8-12-21(4)15-10-16-22(5)17-18-23(24)25;;/h1,6-18H,2-5H3,(H,24,25);;/q-1;2*+1/p-1/b8-7+,14-9+,15-10+,18-17+,19-13+,20-11+,21-12+,22-16+;;. The van der Waals surface area contributed by atoms with Crippen molar-refractivity contribution in [3.8, 4) is 0 Å². The second-order valence-corrected chi connectivity index (χ2v) is 5.56. The zero-order valence-corrected chi connectivity index (χ0v) is 23.6. The fraction of sp³-hybridized carbons (Fsp3) is 0.174. The van der Waals surface area contributed by atoms with Crippen LogP contribution in [0.4, 0.5) is 0 Å². The van der Waals surface area contributed by atoms with Crippen molar-refractivity contribution in [2.45, 2.75) is 27.7 Å². The van der Waals surface area contributed by atoms with E-state index < -0.39 is 5.97 Å². The number of hydrogen-bond acceptors (Lipinski definition) is 2. The van der Waals surface area contributed by atoms with Gasteiger partial charge < -0.3 is 9.90 Å². The van der Waals surface area contributed by atoms with E-state index in [1.807, 2.05) is 88.5 Å². The van der Waals surface area contributed by atoms with Crippen LogP contribution in [0.2, 0.25) is 0 Å². The summed E-state index contributed by atoms with van der Waals surface area (Å²) in [5.74, 6) is -1.19. The number of allylic oxidation sites excluding steroid dienone is 16. The van der Waals surface area contributed by atoms with Crippen LogP contribution in [0.3, 0.4) is 0 Å². The molecule has 0 heterocycles. The monoisotopic (exact) mass is 412 g/mol. The average molecular weight is 413 g/mol. The first-order valence-corrected chi connectivity index (χ1v) is 8.01. The van der Waals surface area contributed by atoms with Gasteiger partial charge in [0, 0.05) is 0 Å². The number of carboxylic acids is 1. The Bertz CT molecular complexity index is 698. The molecule has 0 saturated carbocycles. The van der Waals surface area contributed by atoms with Crippen molar-refractivity contribution in [3.05, 3.63) is 108 Å². The molecule has 0 aromatic rings. The van der Waals surface area contributed by atoms with Crippen LogP contribution in [0.15, 0.2) is 101 Å². The normalized spacial score (nSPS) is 14.1. The smallest absolute Gasteiger partial charge is 0.545 e. The maximum Gasteiger partial charge on any atom is 1.00 e. The van der Waals surface area contributed by atoms with Crippen LogP contribution >= 0.6 is 0 Å². The molecule has 2 nitrogen and oxygen atoms in total. The van der Waals surface area contributed by atoms with Gasteiger partial charge in [0.1, 0.15) is 0 Å². The zero-order valence-electron chi connectivity index (χ0n) is 17.4. The number of carbonyl (C=O) groups excluding carboxylic acids is 1. The third-order valence-electron chi connectivity index (χ3n) is 3.01. The van der Waals surface area contributed by atoms with E-state index in [0.717, 1.165) is 28.4 Å². The summed E-state index contributed by atoms with van der Waals surface area (Å²) in [5.41, 5.74) is 4.08. The summed E-state index contributed by atoms with van der Waals surface area (Å²) >= 11 is 0. The fourth-order valence-corrected chi connectivity index (χ4v) is 1.54. The Kier molecular flexibility index (Phi) is 25.1. The minimum absolute atomic E-state index is 0. The summed E-state index contributed by atoms with van der Waals surface area (Å²) in [6.07, 6.45) is 23.7. The molecule has 0 aromatic carbocycles. The van der Waals surface area contributed by atoms with Gasteiger partial charge in [-0.05, 0) is 26.8 Å². The van der Waals surface area contributed by atoms with E-state index in [0.29, 0.717) is 0 Å². The van der Waals surface area contributed by atoms with Gasteiger partial charge >= 0.3 is 103 Å². The third kappa shape index (κ3) is 22.6. The van der Waals surface area contributed by atoms with Gasteiger partial charge in [0.15, 0.2) is 0 Å². The van der Waals surface area contributed by atoms with E-state index in [9.17, 15) is 9.90 Å². The largest absolute Gasteiger partial charge is 1.00 e. The number of rotatable bonds is 9. The van der Waals surface area contributed by atoms with Gasteiger partial charge in [0.05, 0.1) is 5.97 Å². The molecule has 0 radical (unpaired) electrons. The molecule has 0 aliphatic carbocycles. The molecule has 0 saturated heterocycles. The quantitative estimate of drug-likeness (QED) is 0.205. The number of carbonyl (C=O) groups is 1. The zero-order chi connectivity index (χ0) is 19.1. The molecular weight excluding hydrogens is 386 g/mol. The summed E-state index contributed by atoms with van der Waals surface area (Å²) < 4.78 is 0. The van der Waals surface area contributed by atoms with Crippen LogP contribution in [0.5, 0.6) is 0 Å². The van der Waals surface area contributed by atoms with E-state index >= 15 is 0 Å². The molecule has 0 amide bonds. The maximum absolute atomic E-state index is 10.3. The molecule has 0 aliphatic heterocycles. The first-order valence-electron chi connectivity index (χ1n) is 8.01. The topological polar surface area (TPSA) is 40.1 Å². The molecule has 0 aromatic heterocycles. The Balaban J connectivity index is -0.00000288. The second-order valence-electron chi connectivity index (χ2n) is 5.56. The summed E-state index contributed by atoms with van der Waals surface area (Å²) in [5, 5.41) is 10.3. The van der Waals surface area contributed by atoms with Crippen molar-refractivity contribution >= 4 is 5.97 Å². The second kappa shape index (κ2) is 21.1. The van der Waals surface area contributed by atoms with Gasteiger partial charge in [-0.3, -0.25) is 6.58 Å². The van der Waals surface area contributed by atoms with Crippen LogP contribution in [0.1, 0.15) is 27.7 Å². The summed E-state index contributed by atoms with van der Waals surface area (Å²) in [7, 11) is 0. The van der Waals surface area contributed by atoms with E-state index in [2.05, 4.69) is 0 Å². The Labute approximate surface area is 249 Å². The van der Waals surface area contributed by atoms with Crippen LogP contribution < -0.4 is 108 Å². The average Bonchev–Trinajstić information content (AvgIpc) is 2.56. The Morgan fingerprint density at radius 3 is 1.41 bits per heavy atom. The molecule has 0 unspecified atom stereocenters. The first kappa shape index (κ1) is 32.1.